The average Bonchev–Trinajstić information content (AvgIpc) is 2.94. The van der Waals surface area contributed by atoms with Crippen LogP contribution in [0, 0.1) is 19.8 Å². The third kappa shape index (κ3) is 31.0. The van der Waals surface area contributed by atoms with Gasteiger partial charge in [-0.05, 0) is 61.9 Å². The van der Waals surface area contributed by atoms with E-state index in [4.69, 9.17) is 0 Å². The molecule has 0 N–H and O–H groups in total. The van der Waals surface area contributed by atoms with Gasteiger partial charge in [-0.25, -0.2) is 0 Å². The lowest BCUT2D eigenvalue weighted by Gasteiger charge is -2.02. The molecule has 0 fully saturated rings. The van der Waals surface area contributed by atoms with Crippen molar-refractivity contribution in [2.24, 2.45) is 10.9 Å². The SMILES string of the molecule is C=C(/C=C\C)c1ccc(C)cn1.C=C(C)c1ccccc1C.C=CC=NC.CC.CC.CC.CCC(C)C. The van der Waals surface area contributed by atoms with Crippen LogP contribution >= 0.6 is 0 Å². The van der Waals surface area contributed by atoms with Gasteiger partial charge in [-0.3, -0.25) is 9.98 Å². The first-order valence-electron chi connectivity index (χ1n) is 14.1. The van der Waals surface area contributed by atoms with Crippen LogP contribution in [0.2, 0.25) is 0 Å². The third-order valence-electron chi connectivity index (χ3n) is 4.28. The van der Waals surface area contributed by atoms with Gasteiger partial charge in [0.25, 0.3) is 0 Å². The van der Waals surface area contributed by atoms with Gasteiger partial charge < -0.3 is 0 Å². The molecule has 1 aromatic heterocycles. The van der Waals surface area contributed by atoms with Crippen molar-refractivity contribution in [3.63, 3.8) is 0 Å². The molecule has 0 aliphatic heterocycles. The third-order valence-corrected chi connectivity index (χ3v) is 4.28. The fourth-order valence-corrected chi connectivity index (χ4v) is 2.10. The monoisotopic (exact) mass is 522 g/mol. The zero-order valence-corrected chi connectivity index (χ0v) is 27.7. The molecular weight excluding hydrogens is 460 g/mol. The predicted molar refractivity (Wildman–Crippen MR) is 182 cm³/mol. The maximum absolute atomic E-state index is 4.25. The van der Waals surface area contributed by atoms with Gasteiger partial charge in [-0.2, -0.15) is 0 Å². The number of pyridine rings is 1. The molecule has 2 rings (SSSR count). The van der Waals surface area contributed by atoms with Gasteiger partial charge >= 0.3 is 0 Å². The van der Waals surface area contributed by atoms with Gasteiger partial charge in [0.2, 0.25) is 0 Å². The molecule has 1 heterocycles. The van der Waals surface area contributed by atoms with E-state index in [2.05, 4.69) is 69.5 Å². The normalized spacial score (nSPS) is 8.71. The Bertz CT molecular complexity index is 838. The second-order valence-electron chi connectivity index (χ2n) is 7.79. The van der Waals surface area contributed by atoms with Gasteiger partial charge in [0.15, 0.2) is 0 Å². The molecule has 38 heavy (non-hydrogen) atoms. The molecule has 0 saturated heterocycles. The second kappa shape index (κ2) is 36.2. The van der Waals surface area contributed by atoms with E-state index in [0.29, 0.717) is 0 Å². The van der Waals surface area contributed by atoms with Crippen molar-refractivity contribution in [1.82, 2.24) is 4.98 Å². The second-order valence-corrected chi connectivity index (χ2v) is 7.79. The van der Waals surface area contributed by atoms with Crippen molar-refractivity contribution in [2.45, 2.75) is 96.4 Å². The Hall–Kier alpha value is -3.00. The molecule has 2 aromatic rings. The summed E-state index contributed by atoms with van der Waals surface area (Å²) in [4.78, 5) is 7.86. The summed E-state index contributed by atoms with van der Waals surface area (Å²) < 4.78 is 0. The number of rotatable bonds is 5. The highest BCUT2D eigenvalue weighted by Gasteiger charge is 1.95. The molecule has 1 aromatic carbocycles. The van der Waals surface area contributed by atoms with Crippen LogP contribution in [0.15, 0.2) is 85.6 Å². The Morgan fingerprint density at radius 1 is 0.947 bits per heavy atom. The first-order chi connectivity index (χ1) is 18.1. The van der Waals surface area contributed by atoms with E-state index in [1.165, 1.54) is 23.1 Å². The Morgan fingerprint density at radius 2 is 1.45 bits per heavy atom. The number of aryl methyl sites for hydroxylation is 2. The van der Waals surface area contributed by atoms with Crippen molar-refractivity contribution in [3.8, 4) is 0 Å². The number of aliphatic imine (C=N–C) groups is 1. The van der Waals surface area contributed by atoms with Crippen LogP contribution in [-0.2, 0) is 0 Å². The van der Waals surface area contributed by atoms with Gasteiger partial charge in [0, 0.05) is 19.5 Å². The van der Waals surface area contributed by atoms with Crippen LogP contribution in [0.5, 0.6) is 0 Å². The summed E-state index contributed by atoms with van der Waals surface area (Å²) in [6, 6.07) is 12.3. The minimum absolute atomic E-state index is 0.884. The van der Waals surface area contributed by atoms with E-state index in [0.717, 1.165) is 22.8 Å². The molecule has 0 radical (unpaired) electrons. The fraction of sp³-hybridized carbons (Fsp3) is 0.444. The molecule has 0 aliphatic carbocycles. The van der Waals surface area contributed by atoms with Crippen molar-refractivity contribution in [1.29, 1.82) is 0 Å². The fourth-order valence-electron chi connectivity index (χ4n) is 2.10. The standard InChI is InChI=1S/C11H13N.C10H12.C5H12.C4H7N.3C2H6/c1-4-5-10(3)11-7-6-9(2)8-12-11;1-8(2)10-7-5-4-6-9(10)3;1-4-5(2)3;1-3-4-5-2;3*1-2/h4-8H,3H2,1-2H3;4-7H,1H2,2-3H3;5H,4H2,1-3H3;3-4H,1H2,2H3;3*1-2H3/b5-4-;;;;;;. The van der Waals surface area contributed by atoms with Crippen LogP contribution in [0.1, 0.15) is 105 Å². The zero-order chi connectivity index (χ0) is 30.9. The highest BCUT2D eigenvalue weighted by Crippen LogP contribution is 2.15. The summed E-state index contributed by atoms with van der Waals surface area (Å²) in [6.07, 6.45) is 10.4. The number of hydrogen-bond donors (Lipinski definition) is 0. The molecule has 0 aliphatic rings. The lowest BCUT2D eigenvalue weighted by molar-refractivity contribution is 0.626. The number of hydrogen-bond acceptors (Lipinski definition) is 2. The van der Waals surface area contributed by atoms with E-state index < -0.39 is 0 Å². The van der Waals surface area contributed by atoms with E-state index in [1.807, 2.05) is 105 Å². The summed E-state index contributed by atoms with van der Waals surface area (Å²) >= 11 is 0. The Balaban J connectivity index is -0.000000126. The molecular formula is C36H62N2. The average molecular weight is 523 g/mol. The van der Waals surface area contributed by atoms with Crippen molar-refractivity contribution < 1.29 is 0 Å². The molecule has 0 saturated carbocycles. The van der Waals surface area contributed by atoms with Crippen molar-refractivity contribution >= 4 is 17.4 Å². The van der Waals surface area contributed by atoms with E-state index >= 15 is 0 Å². The Kier molecular flexibility index (Phi) is 42.8. The zero-order valence-electron chi connectivity index (χ0n) is 27.7. The van der Waals surface area contributed by atoms with Crippen LogP contribution in [0.4, 0.5) is 0 Å². The van der Waals surface area contributed by atoms with Crippen LogP contribution in [0.3, 0.4) is 0 Å². The topological polar surface area (TPSA) is 25.2 Å². The predicted octanol–water partition coefficient (Wildman–Crippen LogP) is 12.0. The largest absolute Gasteiger partial charge is 0.297 e. The van der Waals surface area contributed by atoms with Crippen LogP contribution in [0.25, 0.3) is 11.1 Å². The first-order valence-corrected chi connectivity index (χ1v) is 14.1. The smallest absolute Gasteiger partial charge is 0.0696 e. The molecule has 0 unspecified atom stereocenters. The molecule has 2 heteroatoms. The quantitative estimate of drug-likeness (QED) is 0.283. The summed E-state index contributed by atoms with van der Waals surface area (Å²) in [5.41, 5.74) is 6.78. The van der Waals surface area contributed by atoms with E-state index in [-0.39, 0.29) is 0 Å². The summed E-state index contributed by atoms with van der Waals surface area (Å²) in [5, 5.41) is 0. The first kappa shape index (κ1) is 45.0. The minimum atomic E-state index is 0.884. The van der Waals surface area contributed by atoms with Crippen LogP contribution in [-0.4, -0.2) is 18.2 Å². The van der Waals surface area contributed by atoms with Gasteiger partial charge in [-0.15, -0.1) is 0 Å². The summed E-state index contributed by atoms with van der Waals surface area (Å²) in [5.74, 6) is 0.884. The molecule has 2 nitrogen and oxygen atoms in total. The summed E-state index contributed by atoms with van der Waals surface area (Å²) in [7, 11) is 1.71. The lowest BCUT2D eigenvalue weighted by Crippen LogP contribution is -1.85. The minimum Gasteiger partial charge on any atom is -0.297 e. The van der Waals surface area contributed by atoms with Crippen LogP contribution < -0.4 is 0 Å². The molecule has 216 valence electrons. The van der Waals surface area contributed by atoms with E-state index in [9.17, 15) is 0 Å². The molecule has 0 spiro atoms. The Labute approximate surface area is 239 Å². The van der Waals surface area contributed by atoms with Crippen molar-refractivity contribution in [3.05, 3.63) is 103 Å². The number of nitrogens with zero attached hydrogens (tertiary/aromatic N) is 2. The van der Waals surface area contributed by atoms with Gasteiger partial charge in [0.05, 0.1) is 5.69 Å². The molecule has 0 amide bonds. The Morgan fingerprint density at radius 3 is 1.71 bits per heavy atom. The highest BCUT2D eigenvalue weighted by molar-refractivity contribution is 5.70. The van der Waals surface area contributed by atoms with E-state index in [1.54, 1.807) is 19.3 Å². The molecule has 0 atom stereocenters. The van der Waals surface area contributed by atoms with Gasteiger partial charge in [-0.1, -0.05) is 143 Å². The highest BCUT2D eigenvalue weighted by atomic mass is 14.7. The van der Waals surface area contributed by atoms with Gasteiger partial charge in [0.1, 0.15) is 0 Å². The maximum atomic E-state index is 4.25. The maximum Gasteiger partial charge on any atom is 0.0696 e. The number of aromatic nitrogens is 1. The number of benzene rings is 1. The number of allylic oxidation sites excluding steroid dienone is 5. The lowest BCUT2D eigenvalue weighted by atomic mass is 10.0. The molecule has 0 bridgehead atoms. The summed E-state index contributed by atoms with van der Waals surface area (Å²) in [6.45, 7) is 38.0. The van der Waals surface area contributed by atoms with Crippen molar-refractivity contribution in [2.75, 3.05) is 7.05 Å².